The molecule has 0 aromatic carbocycles. The van der Waals surface area contributed by atoms with Gasteiger partial charge in [0, 0.05) is 48.0 Å². The molecule has 1 saturated heterocycles. The standard InChI is InChI=1S/C15H27N3S/c1-11-8-18(9-12(2)17(11)5)10-14-6-15(7-16-4)19-13(14)3/h6,11-12,16H,7-10H2,1-5H3. The van der Waals surface area contributed by atoms with Crippen molar-refractivity contribution in [2.75, 3.05) is 27.2 Å². The lowest BCUT2D eigenvalue weighted by Crippen LogP contribution is -2.54. The normalized spacial score (nSPS) is 25.9. The van der Waals surface area contributed by atoms with Crippen LogP contribution in [0.4, 0.5) is 0 Å². The van der Waals surface area contributed by atoms with Gasteiger partial charge in [0.25, 0.3) is 0 Å². The molecule has 19 heavy (non-hydrogen) atoms. The minimum Gasteiger partial charge on any atom is -0.315 e. The Morgan fingerprint density at radius 1 is 1.32 bits per heavy atom. The highest BCUT2D eigenvalue weighted by molar-refractivity contribution is 7.12. The number of hydrogen-bond acceptors (Lipinski definition) is 4. The Morgan fingerprint density at radius 3 is 2.53 bits per heavy atom. The summed E-state index contributed by atoms with van der Waals surface area (Å²) in [6.45, 7) is 11.4. The molecule has 0 radical (unpaired) electrons. The van der Waals surface area contributed by atoms with Crippen LogP contribution in [0.25, 0.3) is 0 Å². The molecule has 0 amide bonds. The zero-order valence-electron chi connectivity index (χ0n) is 12.9. The van der Waals surface area contributed by atoms with E-state index in [-0.39, 0.29) is 0 Å². The first-order valence-electron chi connectivity index (χ1n) is 7.18. The van der Waals surface area contributed by atoms with Crippen LogP contribution in [0.3, 0.4) is 0 Å². The lowest BCUT2D eigenvalue weighted by molar-refractivity contribution is 0.0556. The maximum atomic E-state index is 3.24. The molecule has 2 unspecified atom stereocenters. The van der Waals surface area contributed by atoms with Gasteiger partial charge in [0.1, 0.15) is 0 Å². The third-order valence-electron chi connectivity index (χ3n) is 4.25. The van der Waals surface area contributed by atoms with E-state index >= 15 is 0 Å². The van der Waals surface area contributed by atoms with Gasteiger partial charge in [-0.15, -0.1) is 11.3 Å². The van der Waals surface area contributed by atoms with Gasteiger partial charge in [-0.05, 0) is 46.5 Å². The van der Waals surface area contributed by atoms with Crippen molar-refractivity contribution in [1.82, 2.24) is 15.1 Å². The van der Waals surface area contributed by atoms with Gasteiger partial charge < -0.3 is 5.32 Å². The van der Waals surface area contributed by atoms with E-state index in [1.165, 1.54) is 28.4 Å². The fourth-order valence-corrected chi connectivity index (χ4v) is 3.96. The summed E-state index contributed by atoms with van der Waals surface area (Å²) in [6.07, 6.45) is 0. The summed E-state index contributed by atoms with van der Waals surface area (Å²) >= 11 is 1.93. The summed E-state index contributed by atoms with van der Waals surface area (Å²) in [4.78, 5) is 8.02. The molecule has 1 aromatic rings. The monoisotopic (exact) mass is 281 g/mol. The maximum absolute atomic E-state index is 3.24. The minimum atomic E-state index is 0.652. The Labute approximate surface area is 121 Å². The SMILES string of the molecule is CNCc1cc(CN2CC(C)N(C)C(C)C2)c(C)s1. The van der Waals surface area contributed by atoms with Gasteiger partial charge in [-0.2, -0.15) is 0 Å². The van der Waals surface area contributed by atoms with Crippen molar-refractivity contribution in [2.45, 2.75) is 45.9 Å². The van der Waals surface area contributed by atoms with Crippen LogP contribution < -0.4 is 5.32 Å². The van der Waals surface area contributed by atoms with Crippen LogP contribution >= 0.6 is 11.3 Å². The van der Waals surface area contributed by atoms with Crippen molar-refractivity contribution < 1.29 is 0 Å². The number of hydrogen-bond donors (Lipinski definition) is 1. The van der Waals surface area contributed by atoms with Crippen molar-refractivity contribution in [3.05, 3.63) is 21.4 Å². The molecule has 0 saturated carbocycles. The molecule has 0 bridgehead atoms. The minimum absolute atomic E-state index is 0.652. The number of piperazine rings is 1. The largest absolute Gasteiger partial charge is 0.315 e. The summed E-state index contributed by atoms with van der Waals surface area (Å²) in [7, 11) is 4.26. The topological polar surface area (TPSA) is 18.5 Å². The second-order valence-electron chi connectivity index (χ2n) is 5.88. The van der Waals surface area contributed by atoms with Crippen molar-refractivity contribution in [3.63, 3.8) is 0 Å². The second-order valence-corrected chi connectivity index (χ2v) is 7.22. The summed E-state index contributed by atoms with van der Waals surface area (Å²) in [5.74, 6) is 0. The van der Waals surface area contributed by atoms with Gasteiger partial charge in [0.05, 0.1) is 0 Å². The number of thiophene rings is 1. The Kier molecular flexibility index (Phi) is 5.01. The molecule has 2 heterocycles. The molecule has 1 aliphatic heterocycles. The Hall–Kier alpha value is -0.420. The van der Waals surface area contributed by atoms with Gasteiger partial charge in [-0.25, -0.2) is 0 Å². The molecule has 4 heteroatoms. The highest BCUT2D eigenvalue weighted by Crippen LogP contribution is 2.24. The van der Waals surface area contributed by atoms with Gasteiger partial charge in [0.2, 0.25) is 0 Å². The predicted octanol–water partition coefficient (Wildman–Crippen LogP) is 2.30. The number of nitrogens with zero attached hydrogens (tertiary/aromatic N) is 2. The Bertz CT molecular complexity index is 404. The van der Waals surface area contributed by atoms with E-state index < -0.39 is 0 Å². The van der Waals surface area contributed by atoms with Crippen molar-refractivity contribution in [3.8, 4) is 0 Å². The predicted molar refractivity (Wildman–Crippen MR) is 83.8 cm³/mol. The van der Waals surface area contributed by atoms with E-state index in [1.807, 2.05) is 18.4 Å². The lowest BCUT2D eigenvalue weighted by atomic mass is 10.1. The fourth-order valence-electron chi connectivity index (χ4n) is 2.89. The number of nitrogens with one attached hydrogen (secondary N) is 1. The van der Waals surface area contributed by atoms with Gasteiger partial charge in [-0.3, -0.25) is 9.80 Å². The summed E-state index contributed by atoms with van der Waals surface area (Å²) in [6, 6.07) is 3.68. The molecule has 2 rings (SSSR count). The van der Waals surface area contributed by atoms with Gasteiger partial charge in [-0.1, -0.05) is 0 Å². The summed E-state index contributed by atoms with van der Waals surface area (Å²) in [5.41, 5.74) is 1.51. The maximum Gasteiger partial charge on any atom is 0.0296 e. The quantitative estimate of drug-likeness (QED) is 0.913. The second kappa shape index (κ2) is 6.35. The average molecular weight is 281 g/mol. The molecular weight excluding hydrogens is 254 g/mol. The van der Waals surface area contributed by atoms with Crippen molar-refractivity contribution in [2.24, 2.45) is 0 Å². The van der Waals surface area contributed by atoms with Crippen LogP contribution in [0.1, 0.15) is 29.2 Å². The van der Waals surface area contributed by atoms with E-state index in [9.17, 15) is 0 Å². The van der Waals surface area contributed by atoms with Crippen molar-refractivity contribution in [1.29, 1.82) is 0 Å². The Morgan fingerprint density at radius 2 is 1.95 bits per heavy atom. The first-order valence-corrected chi connectivity index (χ1v) is 8.00. The molecule has 108 valence electrons. The van der Waals surface area contributed by atoms with Crippen molar-refractivity contribution >= 4 is 11.3 Å². The third kappa shape index (κ3) is 3.57. The highest BCUT2D eigenvalue weighted by atomic mass is 32.1. The highest BCUT2D eigenvalue weighted by Gasteiger charge is 2.26. The molecular formula is C15H27N3S. The molecule has 2 atom stereocenters. The van der Waals surface area contributed by atoms with E-state index in [0.717, 1.165) is 13.1 Å². The molecule has 0 spiro atoms. The van der Waals surface area contributed by atoms with Gasteiger partial charge >= 0.3 is 0 Å². The average Bonchev–Trinajstić information content (AvgIpc) is 2.67. The Balaban J connectivity index is 2.01. The van der Waals surface area contributed by atoms with E-state index in [2.05, 4.69) is 49.0 Å². The van der Waals surface area contributed by atoms with E-state index in [4.69, 9.17) is 0 Å². The van der Waals surface area contributed by atoms with Crippen LogP contribution in [0, 0.1) is 6.92 Å². The third-order valence-corrected chi connectivity index (χ3v) is 5.34. The molecule has 1 fully saturated rings. The molecule has 3 nitrogen and oxygen atoms in total. The molecule has 1 aliphatic rings. The van der Waals surface area contributed by atoms with E-state index in [0.29, 0.717) is 12.1 Å². The van der Waals surface area contributed by atoms with Crippen LogP contribution in [0.5, 0.6) is 0 Å². The number of rotatable bonds is 4. The molecule has 1 aromatic heterocycles. The smallest absolute Gasteiger partial charge is 0.0296 e. The van der Waals surface area contributed by atoms with Crippen LogP contribution in [0.2, 0.25) is 0 Å². The molecule has 1 N–H and O–H groups in total. The zero-order valence-corrected chi connectivity index (χ0v) is 13.7. The zero-order chi connectivity index (χ0) is 14.0. The van der Waals surface area contributed by atoms with Crippen LogP contribution in [0.15, 0.2) is 6.07 Å². The fraction of sp³-hybridized carbons (Fsp3) is 0.733. The first-order chi connectivity index (χ1) is 9.01. The van der Waals surface area contributed by atoms with Crippen LogP contribution in [-0.4, -0.2) is 49.1 Å². The number of likely N-dealkylation sites (N-methyl/N-ethyl adjacent to an activating group) is 1. The lowest BCUT2D eigenvalue weighted by Gasteiger charge is -2.42. The van der Waals surface area contributed by atoms with Gasteiger partial charge in [0.15, 0.2) is 0 Å². The van der Waals surface area contributed by atoms with E-state index in [1.54, 1.807) is 0 Å². The van der Waals surface area contributed by atoms with Crippen LogP contribution in [-0.2, 0) is 13.1 Å². The molecule has 0 aliphatic carbocycles. The number of aryl methyl sites for hydroxylation is 1. The summed E-state index contributed by atoms with van der Waals surface area (Å²) < 4.78 is 0. The summed E-state index contributed by atoms with van der Waals surface area (Å²) in [5, 5.41) is 3.24. The first kappa shape index (κ1) is 15.0.